The Morgan fingerprint density at radius 1 is 1.39 bits per heavy atom. The third-order valence-corrected chi connectivity index (χ3v) is 3.87. The molecule has 122 valence electrons. The number of carboxylic acid groups (broad SMARTS) is 1. The Kier molecular flexibility index (Phi) is 5.92. The zero-order valence-electron chi connectivity index (χ0n) is 12.2. The maximum absolute atomic E-state index is 11.7. The van der Waals surface area contributed by atoms with Crippen LogP contribution in [0.5, 0.6) is 0 Å². The lowest BCUT2D eigenvalue weighted by Crippen LogP contribution is -2.42. The number of benzene rings is 1. The van der Waals surface area contributed by atoms with E-state index in [1.165, 1.54) is 4.68 Å². The van der Waals surface area contributed by atoms with E-state index >= 15 is 0 Å². The summed E-state index contributed by atoms with van der Waals surface area (Å²) in [6.45, 7) is 0.0688. The van der Waals surface area contributed by atoms with Crippen LogP contribution in [0.2, 0.25) is 0 Å². The first-order chi connectivity index (χ1) is 11.1. The van der Waals surface area contributed by atoms with Crippen molar-refractivity contribution in [2.24, 2.45) is 7.05 Å². The van der Waals surface area contributed by atoms with Crippen molar-refractivity contribution < 1.29 is 19.4 Å². The highest BCUT2D eigenvalue weighted by Crippen LogP contribution is 2.14. The molecule has 1 atom stereocenters. The van der Waals surface area contributed by atoms with Gasteiger partial charge >= 0.3 is 12.1 Å². The van der Waals surface area contributed by atoms with E-state index in [0.717, 1.165) is 17.3 Å². The molecule has 0 saturated carbocycles. The minimum absolute atomic E-state index is 0.0688. The molecule has 0 saturated heterocycles. The van der Waals surface area contributed by atoms with E-state index in [1.807, 2.05) is 18.2 Å². The van der Waals surface area contributed by atoms with Gasteiger partial charge in [-0.3, -0.25) is 0 Å². The normalized spacial score (nSPS) is 11.7. The van der Waals surface area contributed by atoms with Crippen LogP contribution in [0.4, 0.5) is 4.79 Å². The van der Waals surface area contributed by atoms with Crippen LogP contribution in [-0.4, -0.2) is 49.2 Å². The quantitative estimate of drug-likeness (QED) is 0.708. The zero-order valence-corrected chi connectivity index (χ0v) is 13.1. The number of aryl methyl sites for hydroxylation is 1. The summed E-state index contributed by atoms with van der Waals surface area (Å²) in [5.41, 5.74) is 0.814. The SMILES string of the molecule is Cn1nnnc1SC[C@@H](NC(=O)OCc1ccccc1)C(=O)O. The van der Waals surface area contributed by atoms with E-state index in [9.17, 15) is 9.59 Å². The summed E-state index contributed by atoms with van der Waals surface area (Å²) >= 11 is 1.12. The minimum Gasteiger partial charge on any atom is -0.480 e. The van der Waals surface area contributed by atoms with E-state index in [0.29, 0.717) is 5.16 Å². The first kappa shape index (κ1) is 16.7. The number of hydrogen-bond acceptors (Lipinski definition) is 7. The van der Waals surface area contributed by atoms with Gasteiger partial charge in [-0.1, -0.05) is 42.1 Å². The Morgan fingerprint density at radius 2 is 2.13 bits per heavy atom. The number of amides is 1. The van der Waals surface area contributed by atoms with Crippen LogP contribution in [0.25, 0.3) is 0 Å². The molecular formula is C13H15N5O4S. The number of aliphatic carboxylic acids is 1. The molecule has 1 amide bonds. The first-order valence-electron chi connectivity index (χ1n) is 6.61. The number of rotatable bonds is 7. The molecule has 1 aromatic heterocycles. The van der Waals surface area contributed by atoms with Crippen molar-refractivity contribution in [3.05, 3.63) is 35.9 Å². The van der Waals surface area contributed by atoms with Gasteiger partial charge in [-0.15, -0.1) is 5.10 Å². The van der Waals surface area contributed by atoms with Gasteiger partial charge in [0, 0.05) is 12.8 Å². The Bertz CT molecular complexity index is 663. The van der Waals surface area contributed by atoms with Crippen LogP contribution in [0, 0.1) is 0 Å². The van der Waals surface area contributed by atoms with Crippen molar-refractivity contribution in [1.29, 1.82) is 0 Å². The Hall–Kier alpha value is -2.62. The predicted octanol–water partition coefficient (Wildman–Crippen LogP) is 0.682. The molecule has 2 rings (SSSR count). The van der Waals surface area contributed by atoms with Crippen molar-refractivity contribution in [1.82, 2.24) is 25.5 Å². The molecule has 0 unspecified atom stereocenters. The summed E-state index contributed by atoms with van der Waals surface area (Å²) in [4.78, 5) is 22.9. The predicted molar refractivity (Wildman–Crippen MR) is 80.7 cm³/mol. The van der Waals surface area contributed by atoms with Gasteiger partial charge in [-0.2, -0.15) is 0 Å². The smallest absolute Gasteiger partial charge is 0.408 e. The van der Waals surface area contributed by atoms with Crippen molar-refractivity contribution in [2.45, 2.75) is 17.8 Å². The molecule has 2 aromatic rings. The average molecular weight is 337 g/mol. The lowest BCUT2D eigenvalue weighted by molar-refractivity contribution is -0.138. The summed E-state index contributed by atoms with van der Waals surface area (Å²) in [5, 5.41) is 22.7. The lowest BCUT2D eigenvalue weighted by Gasteiger charge is -2.13. The number of carbonyl (C=O) groups is 2. The highest BCUT2D eigenvalue weighted by Gasteiger charge is 2.22. The first-order valence-corrected chi connectivity index (χ1v) is 7.60. The van der Waals surface area contributed by atoms with Crippen LogP contribution in [0.3, 0.4) is 0 Å². The van der Waals surface area contributed by atoms with Crippen LogP contribution >= 0.6 is 11.8 Å². The Morgan fingerprint density at radius 3 is 2.74 bits per heavy atom. The molecule has 0 bridgehead atoms. The number of ether oxygens (including phenoxy) is 1. The van der Waals surface area contributed by atoms with Crippen molar-refractivity contribution >= 4 is 23.8 Å². The van der Waals surface area contributed by atoms with Crippen molar-refractivity contribution in [3.8, 4) is 0 Å². The van der Waals surface area contributed by atoms with Crippen molar-refractivity contribution in [3.63, 3.8) is 0 Å². The van der Waals surface area contributed by atoms with E-state index in [4.69, 9.17) is 9.84 Å². The zero-order chi connectivity index (χ0) is 16.7. The summed E-state index contributed by atoms with van der Waals surface area (Å²) in [7, 11) is 1.64. The monoisotopic (exact) mass is 337 g/mol. The van der Waals surface area contributed by atoms with Crippen LogP contribution in [0.15, 0.2) is 35.5 Å². The highest BCUT2D eigenvalue weighted by molar-refractivity contribution is 7.99. The van der Waals surface area contributed by atoms with E-state index < -0.39 is 18.1 Å². The fourth-order valence-corrected chi connectivity index (χ4v) is 2.44. The molecule has 1 heterocycles. The Balaban J connectivity index is 1.82. The molecule has 2 N–H and O–H groups in total. The molecule has 0 aliphatic carbocycles. The van der Waals surface area contributed by atoms with E-state index in [-0.39, 0.29) is 12.4 Å². The van der Waals surface area contributed by atoms with Gasteiger partial charge in [-0.05, 0) is 16.0 Å². The lowest BCUT2D eigenvalue weighted by atomic mass is 10.2. The van der Waals surface area contributed by atoms with Gasteiger partial charge in [0.15, 0.2) is 0 Å². The fraction of sp³-hybridized carbons (Fsp3) is 0.308. The number of carboxylic acids is 1. The molecule has 0 radical (unpaired) electrons. The number of thioether (sulfide) groups is 1. The van der Waals surface area contributed by atoms with Crippen LogP contribution in [-0.2, 0) is 23.2 Å². The molecule has 0 fully saturated rings. The van der Waals surface area contributed by atoms with Gasteiger partial charge in [0.1, 0.15) is 12.6 Å². The molecule has 10 heteroatoms. The molecule has 0 aliphatic rings. The molecule has 23 heavy (non-hydrogen) atoms. The minimum atomic E-state index is -1.16. The molecule has 9 nitrogen and oxygen atoms in total. The topological polar surface area (TPSA) is 119 Å². The van der Waals surface area contributed by atoms with Crippen LogP contribution in [0.1, 0.15) is 5.56 Å². The van der Waals surface area contributed by atoms with Crippen molar-refractivity contribution in [2.75, 3.05) is 5.75 Å². The summed E-state index contributed by atoms with van der Waals surface area (Å²) < 4.78 is 6.42. The third kappa shape index (κ3) is 5.25. The third-order valence-electron chi connectivity index (χ3n) is 2.76. The molecule has 0 spiro atoms. The van der Waals surface area contributed by atoms with Gasteiger partial charge in [0.05, 0.1) is 0 Å². The Labute approximate surface area is 136 Å². The maximum Gasteiger partial charge on any atom is 0.408 e. The van der Waals surface area contributed by atoms with E-state index in [1.54, 1.807) is 19.2 Å². The number of hydrogen-bond donors (Lipinski definition) is 2. The molecule has 0 aliphatic heterocycles. The maximum atomic E-state index is 11.7. The number of alkyl carbamates (subject to hydrolysis) is 1. The van der Waals surface area contributed by atoms with Crippen LogP contribution < -0.4 is 5.32 Å². The fourth-order valence-electron chi connectivity index (χ4n) is 1.58. The largest absolute Gasteiger partial charge is 0.480 e. The van der Waals surface area contributed by atoms with Gasteiger partial charge in [-0.25, -0.2) is 14.3 Å². The second-order valence-corrected chi connectivity index (χ2v) is 5.48. The van der Waals surface area contributed by atoms with Gasteiger partial charge < -0.3 is 15.2 Å². The standard InChI is InChI=1S/C13H15N5O4S/c1-18-12(15-16-17-18)23-8-10(11(19)20)14-13(21)22-7-9-5-3-2-4-6-9/h2-6,10H,7-8H2,1H3,(H,14,21)(H,19,20)/t10-/m1/s1. The van der Waals surface area contributed by atoms with E-state index in [2.05, 4.69) is 20.8 Å². The second kappa shape index (κ2) is 8.13. The number of carbonyl (C=O) groups excluding carboxylic acids is 1. The summed E-state index contributed by atoms with van der Waals surface area (Å²) in [6, 6.07) is 7.99. The molecule has 1 aromatic carbocycles. The summed E-state index contributed by atoms with van der Waals surface area (Å²) in [6.07, 6.45) is -0.794. The molecular weight excluding hydrogens is 322 g/mol. The summed E-state index contributed by atoms with van der Waals surface area (Å²) in [5.74, 6) is -1.09. The number of nitrogens with one attached hydrogen (secondary N) is 1. The van der Waals surface area contributed by atoms with Gasteiger partial charge in [0.2, 0.25) is 5.16 Å². The average Bonchev–Trinajstić information content (AvgIpc) is 2.95. The highest BCUT2D eigenvalue weighted by atomic mass is 32.2. The van der Waals surface area contributed by atoms with Gasteiger partial charge in [0.25, 0.3) is 0 Å². The second-order valence-electron chi connectivity index (χ2n) is 4.49. The number of tetrazole rings is 1. The number of aromatic nitrogens is 4. The number of nitrogens with zero attached hydrogens (tertiary/aromatic N) is 4.